The van der Waals surface area contributed by atoms with E-state index in [9.17, 15) is 16.8 Å². The second kappa shape index (κ2) is 15.2. The molecule has 0 radical (unpaired) electrons. The third-order valence-corrected chi connectivity index (χ3v) is 6.14. The maximum Gasteiger partial charge on any atom is 1.00 e. The molecule has 0 saturated heterocycles. The van der Waals surface area contributed by atoms with E-state index in [1.54, 1.807) is 24.3 Å². The van der Waals surface area contributed by atoms with E-state index < -0.39 is 20.2 Å². The average molecular weight is 511 g/mol. The molecule has 8 nitrogen and oxygen atoms in total. The van der Waals surface area contributed by atoms with Crippen LogP contribution in [0.2, 0.25) is 0 Å². The van der Waals surface area contributed by atoms with Crippen LogP contribution in [0.15, 0.2) is 58.3 Å². The first-order valence-electron chi connectivity index (χ1n) is 8.65. The van der Waals surface area contributed by atoms with Crippen molar-refractivity contribution >= 4 is 32.0 Å². The Kier molecular flexibility index (Phi) is 15.3. The minimum atomic E-state index is -3.96. The van der Waals surface area contributed by atoms with Gasteiger partial charge in [-0.15, -0.1) is 0 Å². The minimum absolute atomic E-state index is 0. The van der Waals surface area contributed by atoms with E-state index in [0.29, 0.717) is 11.5 Å². The van der Waals surface area contributed by atoms with E-state index in [0.717, 1.165) is 9.79 Å². The van der Waals surface area contributed by atoms with Gasteiger partial charge in [-0.2, -0.15) is 16.8 Å². The number of hydrogen-bond donors (Lipinski definition) is 2. The van der Waals surface area contributed by atoms with Gasteiger partial charge in [0.2, 0.25) is 0 Å². The summed E-state index contributed by atoms with van der Waals surface area (Å²) in [4.78, 5) is 1.97. The molecule has 0 saturated carbocycles. The Morgan fingerprint density at radius 3 is 1.29 bits per heavy atom. The van der Waals surface area contributed by atoms with Crippen LogP contribution >= 0.6 is 11.8 Å². The summed E-state index contributed by atoms with van der Waals surface area (Å²) in [6, 6.07) is 14.6. The number of rotatable bonds is 12. The Bertz CT molecular complexity index is 909. The van der Waals surface area contributed by atoms with Gasteiger partial charge in [0.1, 0.15) is 11.5 Å². The van der Waals surface area contributed by atoms with E-state index in [-0.39, 0.29) is 99.5 Å². The fourth-order valence-corrected chi connectivity index (χ4v) is 3.99. The predicted octanol–water partition coefficient (Wildman–Crippen LogP) is -2.62. The van der Waals surface area contributed by atoms with Crippen LogP contribution in [0.5, 0.6) is 11.5 Å². The smallest absolute Gasteiger partial charge is 1.00 e. The van der Waals surface area contributed by atoms with Crippen LogP contribution in [0, 0.1) is 0 Å². The molecule has 0 amide bonds. The molecule has 0 aliphatic carbocycles. The van der Waals surface area contributed by atoms with Crippen molar-refractivity contribution in [3.05, 3.63) is 48.5 Å². The van der Waals surface area contributed by atoms with Gasteiger partial charge < -0.3 is 12.3 Å². The monoisotopic (exact) mass is 510 g/mol. The molecule has 0 aromatic heterocycles. The minimum Gasteiger partial charge on any atom is -1.00 e. The first-order chi connectivity index (χ1) is 13.6. The summed E-state index contributed by atoms with van der Waals surface area (Å²) in [7, 11) is -7.92. The zero-order chi connectivity index (χ0) is 21.3. The fourth-order valence-electron chi connectivity index (χ4n) is 2.21. The molecular weight excluding hydrogens is 486 g/mol. The molecule has 0 spiro atoms. The van der Waals surface area contributed by atoms with Gasteiger partial charge in [0.25, 0.3) is 20.2 Å². The van der Waals surface area contributed by atoms with Crippen LogP contribution in [0.4, 0.5) is 0 Å². The van der Waals surface area contributed by atoms with E-state index in [2.05, 4.69) is 0 Å². The third-order valence-electron chi connectivity index (χ3n) is 3.51. The van der Waals surface area contributed by atoms with Crippen LogP contribution in [0.3, 0.4) is 0 Å². The molecule has 2 N–H and O–H groups in total. The second-order valence-corrected chi connectivity index (χ2v) is 10.3. The Hall–Kier alpha value is 0.210. The summed E-state index contributed by atoms with van der Waals surface area (Å²) in [6.45, 7) is 0.385. The van der Waals surface area contributed by atoms with E-state index >= 15 is 0 Å². The van der Waals surface area contributed by atoms with Gasteiger partial charge in [-0.25, -0.2) is 0 Å². The Labute approximate surface area is 234 Å². The quantitative estimate of drug-likeness (QED) is 0.179. The van der Waals surface area contributed by atoms with Crippen molar-refractivity contribution in [2.75, 3.05) is 24.7 Å². The van der Waals surface area contributed by atoms with Gasteiger partial charge in [0.05, 0.1) is 24.7 Å². The largest absolute Gasteiger partial charge is 1.00 e. The Morgan fingerprint density at radius 2 is 1.00 bits per heavy atom. The van der Waals surface area contributed by atoms with Crippen molar-refractivity contribution in [1.29, 1.82) is 0 Å². The molecule has 31 heavy (non-hydrogen) atoms. The predicted molar refractivity (Wildman–Crippen MR) is 112 cm³/mol. The van der Waals surface area contributed by atoms with Crippen molar-refractivity contribution in [3.8, 4) is 11.5 Å². The summed E-state index contributed by atoms with van der Waals surface area (Å²) in [5.41, 5.74) is 0. The molecule has 2 aromatic carbocycles. The Morgan fingerprint density at radius 1 is 0.677 bits per heavy atom. The second-order valence-electron chi connectivity index (χ2n) is 6.02. The van der Waals surface area contributed by atoms with Gasteiger partial charge in [0, 0.05) is 9.79 Å². The zero-order valence-corrected chi connectivity index (χ0v) is 23.9. The summed E-state index contributed by atoms with van der Waals surface area (Å²) < 4.78 is 70.8. The van der Waals surface area contributed by atoms with E-state index in [1.165, 1.54) is 11.8 Å². The number of hydrogen-bond acceptors (Lipinski definition) is 7. The molecular formula is C18H24Na2O8S3. The standard InChI is InChI=1S/C18H22O8S3.2Na.2H/c19-28(20,21)13-1-11-25-15-3-7-17(8-4-15)27-18-9-5-16(6-10-18)26-12-2-14-29(22,23)24;;;;/h3-10H,1-2,11-14H2,(H,19,20,21)(H,22,23,24);;;;/q;2*+1;2*-1. The molecule has 0 aliphatic rings. The van der Waals surface area contributed by atoms with Crippen molar-refractivity contribution in [2.45, 2.75) is 22.6 Å². The maximum absolute atomic E-state index is 10.6. The molecule has 2 aromatic rings. The molecule has 0 fully saturated rings. The zero-order valence-electron chi connectivity index (χ0n) is 19.4. The van der Waals surface area contributed by atoms with Crippen LogP contribution in [-0.4, -0.2) is 50.7 Å². The first kappa shape index (κ1) is 31.2. The van der Waals surface area contributed by atoms with Crippen molar-refractivity contribution < 1.29 is 97.4 Å². The number of ether oxygens (including phenoxy) is 2. The number of benzene rings is 2. The van der Waals surface area contributed by atoms with Crippen molar-refractivity contribution in [1.82, 2.24) is 0 Å². The Balaban J connectivity index is -0.00000225. The SMILES string of the molecule is O=S(=O)(O)CCCOc1ccc(Sc2ccc(OCCCS(=O)(=O)O)cc2)cc1.[H-].[H-].[Na+].[Na+]. The topological polar surface area (TPSA) is 127 Å². The van der Waals surface area contributed by atoms with Crippen molar-refractivity contribution in [2.24, 2.45) is 0 Å². The molecule has 0 unspecified atom stereocenters. The summed E-state index contributed by atoms with van der Waals surface area (Å²) in [6.07, 6.45) is 0.416. The van der Waals surface area contributed by atoms with Crippen LogP contribution in [-0.2, 0) is 20.2 Å². The summed E-state index contributed by atoms with van der Waals surface area (Å²) in [5.74, 6) is 0.555. The normalized spacial score (nSPS) is 11.2. The van der Waals surface area contributed by atoms with Gasteiger partial charge in [-0.3, -0.25) is 9.11 Å². The van der Waals surface area contributed by atoms with Gasteiger partial charge in [-0.05, 0) is 61.4 Å². The average Bonchev–Trinajstić information content (AvgIpc) is 2.63. The molecule has 164 valence electrons. The van der Waals surface area contributed by atoms with Gasteiger partial charge in [-0.1, -0.05) is 11.8 Å². The molecule has 0 heterocycles. The molecule has 13 heteroatoms. The van der Waals surface area contributed by atoms with Crippen LogP contribution < -0.4 is 68.6 Å². The first-order valence-corrected chi connectivity index (χ1v) is 12.7. The van der Waals surface area contributed by atoms with Gasteiger partial charge >= 0.3 is 59.1 Å². The van der Waals surface area contributed by atoms with Crippen LogP contribution in [0.25, 0.3) is 0 Å². The van der Waals surface area contributed by atoms with E-state index in [4.69, 9.17) is 18.6 Å². The van der Waals surface area contributed by atoms with Gasteiger partial charge in [0.15, 0.2) is 0 Å². The summed E-state index contributed by atoms with van der Waals surface area (Å²) in [5, 5.41) is 0. The molecule has 2 rings (SSSR count). The molecule has 0 bridgehead atoms. The van der Waals surface area contributed by atoms with E-state index in [1.807, 2.05) is 24.3 Å². The third kappa shape index (κ3) is 14.9. The molecule has 0 aliphatic heterocycles. The van der Waals surface area contributed by atoms with Crippen molar-refractivity contribution in [3.63, 3.8) is 0 Å². The summed E-state index contributed by atoms with van der Waals surface area (Å²) >= 11 is 1.53. The van der Waals surface area contributed by atoms with Crippen LogP contribution in [0.1, 0.15) is 15.7 Å². The maximum atomic E-state index is 10.6. The molecule has 0 atom stereocenters. The fraction of sp³-hybridized carbons (Fsp3) is 0.333.